The van der Waals surface area contributed by atoms with Crippen LogP contribution < -0.4 is 4.74 Å². The molecule has 2 heterocycles. The van der Waals surface area contributed by atoms with Crippen LogP contribution in [0.3, 0.4) is 0 Å². The van der Waals surface area contributed by atoms with Gasteiger partial charge in [0.1, 0.15) is 11.6 Å². The predicted molar refractivity (Wildman–Crippen MR) is 136 cm³/mol. The molecule has 1 aliphatic heterocycles. The maximum atomic E-state index is 13.7. The molecular formula is C28H22F4N4O4. The quantitative estimate of drug-likeness (QED) is 0.155. The lowest BCUT2D eigenvalue weighted by Gasteiger charge is -2.37. The molecule has 0 bridgehead atoms. The maximum Gasteiger partial charge on any atom is 0.416 e. The van der Waals surface area contributed by atoms with Gasteiger partial charge in [-0.05, 0) is 54.4 Å². The molecule has 206 valence electrons. The number of piperidine rings is 1. The predicted octanol–water partition coefficient (Wildman–Crippen LogP) is 6.71. The second kappa shape index (κ2) is 10.8. The SMILES string of the molecule is O=C(Oc1ccc([N+](=O)[O-])cc1)N1CC(c2ccc(C(F)(F)F)cc2)CC(c2cn(-c3cccc(F)c3)cn2)C1. The fraction of sp³-hybridized carbons (Fsp3) is 0.214. The van der Waals surface area contributed by atoms with Crippen molar-refractivity contribution in [1.29, 1.82) is 0 Å². The molecule has 8 nitrogen and oxygen atoms in total. The summed E-state index contributed by atoms with van der Waals surface area (Å²) < 4.78 is 60.2. The van der Waals surface area contributed by atoms with Crippen LogP contribution in [0.4, 0.5) is 28.0 Å². The number of imidazole rings is 1. The first kappa shape index (κ1) is 26.9. The third kappa shape index (κ3) is 5.95. The highest BCUT2D eigenvalue weighted by Crippen LogP contribution is 2.37. The fourth-order valence-corrected chi connectivity index (χ4v) is 4.78. The van der Waals surface area contributed by atoms with Crippen molar-refractivity contribution in [3.63, 3.8) is 0 Å². The number of likely N-dealkylation sites (tertiary alicyclic amines) is 1. The van der Waals surface area contributed by atoms with Gasteiger partial charge in [-0.3, -0.25) is 10.1 Å². The normalized spacial score (nSPS) is 17.4. The number of ether oxygens (including phenoxy) is 1. The van der Waals surface area contributed by atoms with Gasteiger partial charge in [-0.1, -0.05) is 18.2 Å². The zero-order valence-electron chi connectivity index (χ0n) is 20.8. The Morgan fingerprint density at radius 3 is 2.35 bits per heavy atom. The number of nitro groups is 1. The zero-order chi connectivity index (χ0) is 28.4. The van der Waals surface area contributed by atoms with Crippen molar-refractivity contribution in [2.45, 2.75) is 24.4 Å². The molecule has 1 fully saturated rings. The smallest absolute Gasteiger partial charge is 0.410 e. The van der Waals surface area contributed by atoms with Crippen molar-refractivity contribution in [1.82, 2.24) is 14.5 Å². The van der Waals surface area contributed by atoms with Crippen molar-refractivity contribution < 1.29 is 32.0 Å². The molecule has 0 N–H and O–H groups in total. The van der Waals surface area contributed by atoms with Crippen molar-refractivity contribution in [3.8, 4) is 11.4 Å². The highest BCUT2D eigenvalue weighted by atomic mass is 19.4. The van der Waals surface area contributed by atoms with Crippen LogP contribution in [0.1, 0.15) is 35.1 Å². The van der Waals surface area contributed by atoms with Crippen molar-refractivity contribution in [3.05, 3.63) is 118 Å². The maximum absolute atomic E-state index is 13.7. The van der Waals surface area contributed by atoms with E-state index in [0.29, 0.717) is 23.4 Å². The number of alkyl halides is 3. The molecule has 1 amide bonds. The second-order valence-electron chi connectivity index (χ2n) is 9.46. The van der Waals surface area contributed by atoms with Crippen LogP contribution in [0, 0.1) is 15.9 Å². The number of carbonyl (C=O) groups excluding carboxylic acids is 1. The number of non-ortho nitro benzene ring substituents is 1. The van der Waals surface area contributed by atoms with Gasteiger partial charge in [0, 0.05) is 48.9 Å². The van der Waals surface area contributed by atoms with Gasteiger partial charge < -0.3 is 14.2 Å². The van der Waals surface area contributed by atoms with E-state index < -0.39 is 28.6 Å². The van der Waals surface area contributed by atoms with Gasteiger partial charge in [-0.2, -0.15) is 13.2 Å². The van der Waals surface area contributed by atoms with E-state index in [4.69, 9.17) is 4.74 Å². The summed E-state index contributed by atoms with van der Waals surface area (Å²) in [6, 6.07) is 15.8. The number of carbonyl (C=O) groups is 1. The number of hydrogen-bond acceptors (Lipinski definition) is 5. The van der Waals surface area contributed by atoms with Crippen molar-refractivity contribution in [2.75, 3.05) is 13.1 Å². The first-order valence-corrected chi connectivity index (χ1v) is 12.2. The van der Waals surface area contributed by atoms with Crippen LogP contribution in [0.15, 0.2) is 85.3 Å². The van der Waals surface area contributed by atoms with E-state index in [2.05, 4.69) is 4.98 Å². The molecule has 0 saturated carbocycles. The Morgan fingerprint density at radius 2 is 1.70 bits per heavy atom. The molecular weight excluding hydrogens is 532 g/mol. The first-order chi connectivity index (χ1) is 19.1. The Balaban J connectivity index is 1.41. The average Bonchev–Trinajstić information content (AvgIpc) is 3.43. The van der Waals surface area contributed by atoms with E-state index in [1.54, 1.807) is 22.9 Å². The number of nitrogens with zero attached hydrogens (tertiary/aromatic N) is 4. The Labute approximate surface area is 225 Å². The number of halogens is 4. The number of benzene rings is 3. The molecule has 0 radical (unpaired) electrons. The molecule has 3 aromatic carbocycles. The van der Waals surface area contributed by atoms with E-state index in [9.17, 15) is 32.5 Å². The summed E-state index contributed by atoms with van der Waals surface area (Å²) in [7, 11) is 0. The van der Waals surface area contributed by atoms with Crippen molar-refractivity contribution in [2.24, 2.45) is 0 Å². The number of hydrogen-bond donors (Lipinski definition) is 0. The van der Waals surface area contributed by atoms with Gasteiger partial charge in [0.05, 0.1) is 22.5 Å². The number of rotatable bonds is 5. The Bertz CT molecular complexity index is 1520. The van der Waals surface area contributed by atoms with Crippen LogP contribution in [0.25, 0.3) is 5.69 Å². The van der Waals surface area contributed by atoms with Crippen LogP contribution in [-0.2, 0) is 6.18 Å². The monoisotopic (exact) mass is 554 g/mol. The molecule has 2 unspecified atom stereocenters. The first-order valence-electron chi connectivity index (χ1n) is 12.2. The highest BCUT2D eigenvalue weighted by molar-refractivity contribution is 5.71. The van der Waals surface area contributed by atoms with E-state index in [-0.39, 0.29) is 36.4 Å². The van der Waals surface area contributed by atoms with Gasteiger partial charge in [-0.25, -0.2) is 14.2 Å². The Morgan fingerprint density at radius 1 is 1.00 bits per heavy atom. The largest absolute Gasteiger partial charge is 0.416 e. The van der Waals surface area contributed by atoms with Gasteiger partial charge in [0.2, 0.25) is 0 Å². The number of amides is 1. The summed E-state index contributed by atoms with van der Waals surface area (Å²) in [4.78, 5) is 29.4. The number of nitro benzene ring substituents is 1. The highest BCUT2D eigenvalue weighted by Gasteiger charge is 2.35. The van der Waals surface area contributed by atoms with E-state index in [0.717, 1.165) is 12.1 Å². The van der Waals surface area contributed by atoms with E-state index in [1.807, 2.05) is 0 Å². The average molecular weight is 555 g/mol. The summed E-state index contributed by atoms with van der Waals surface area (Å²) in [5.41, 5.74) is 0.869. The summed E-state index contributed by atoms with van der Waals surface area (Å²) in [6.45, 7) is 0.390. The molecule has 4 aromatic rings. The van der Waals surface area contributed by atoms with Gasteiger partial charge in [0.25, 0.3) is 5.69 Å². The lowest BCUT2D eigenvalue weighted by atomic mass is 9.83. The lowest BCUT2D eigenvalue weighted by molar-refractivity contribution is -0.384. The minimum Gasteiger partial charge on any atom is -0.410 e. The summed E-state index contributed by atoms with van der Waals surface area (Å²) in [6.07, 6.45) is -1.43. The van der Waals surface area contributed by atoms with Gasteiger partial charge >= 0.3 is 12.3 Å². The topological polar surface area (TPSA) is 90.5 Å². The van der Waals surface area contributed by atoms with Crippen LogP contribution in [-0.4, -0.2) is 38.6 Å². The Kier molecular flexibility index (Phi) is 7.24. The fourth-order valence-electron chi connectivity index (χ4n) is 4.78. The van der Waals surface area contributed by atoms with Gasteiger partial charge in [0.15, 0.2) is 0 Å². The van der Waals surface area contributed by atoms with Gasteiger partial charge in [-0.15, -0.1) is 0 Å². The second-order valence-corrected chi connectivity index (χ2v) is 9.46. The van der Waals surface area contributed by atoms with Crippen LogP contribution >= 0.6 is 0 Å². The standard InChI is InChI=1S/C28H22F4N4O4/c29-22-2-1-3-24(13-22)35-16-26(33-17-35)20-12-19(18-4-6-21(7-5-18)28(30,31)32)14-34(15-20)27(37)40-25-10-8-23(9-11-25)36(38)39/h1-11,13,16-17,19-20H,12,14-15H2. The minimum absolute atomic E-state index is 0.110. The molecule has 1 aliphatic rings. The summed E-state index contributed by atoms with van der Waals surface area (Å²) in [5.74, 6) is -0.933. The summed E-state index contributed by atoms with van der Waals surface area (Å²) >= 11 is 0. The van der Waals surface area contributed by atoms with E-state index >= 15 is 0 Å². The molecule has 12 heteroatoms. The lowest BCUT2D eigenvalue weighted by Crippen LogP contribution is -2.44. The molecule has 5 rings (SSSR count). The molecule has 2 atom stereocenters. The zero-order valence-corrected chi connectivity index (χ0v) is 20.8. The van der Waals surface area contributed by atoms with Crippen molar-refractivity contribution >= 4 is 11.8 Å². The number of aromatic nitrogens is 2. The third-order valence-electron chi connectivity index (χ3n) is 6.80. The molecule has 0 aliphatic carbocycles. The van der Waals surface area contributed by atoms with E-state index in [1.165, 1.54) is 59.8 Å². The molecule has 0 spiro atoms. The Hall–Kier alpha value is -4.74. The minimum atomic E-state index is -4.47. The summed E-state index contributed by atoms with van der Waals surface area (Å²) in [5, 5.41) is 10.9. The molecule has 1 saturated heterocycles. The molecule has 40 heavy (non-hydrogen) atoms. The van der Waals surface area contributed by atoms with Crippen LogP contribution in [0.2, 0.25) is 0 Å². The molecule has 1 aromatic heterocycles. The third-order valence-corrected chi connectivity index (χ3v) is 6.80. The van der Waals surface area contributed by atoms with Crippen LogP contribution in [0.5, 0.6) is 5.75 Å².